The van der Waals surface area contributed by atoms with Crippen molar-refractivity contribution in [2.24, 2.45) is 5.92 Å². The number of aliphatic carboxylic acids is 1. The second-order valence-electron chi connectivity index (χ2n) is 7.72. The number of carbonyl (C=O) groups is 1. The fraction of sp³-hybridized carbons (Fsp3) is 0.682. The van der Waals surface area contributed by atoms with Crippen LogP contribution in [0.1, 0.15) is 63.1 Å². The van der Waals surface area contributed by atoms with Gasteiger partial charge in [-0.25, -0.2) is 4.39 Å². The van der Waals surface area contributed by atoms with Gasteiger partial charge < -0.3 is 15.4 Å². The van der Waals surface area contributed by atoms with E-state index < -0.39 is 12.0 Å². The standard InChI is InChI=1S/C20H29BFN2O3.C2H6/c22-16-6-5-14-3-1-4-18(17(14)13-16)24-11-7-15(8-12-24)19(20(25)26)23-10-2-9-21-27;1-2/h5-6,13,15,18-19,23,27H,1-4,7-12H2,(H,25,26);1-2H3. The van der Waals surface area contributed by atoms with Crippen LogP contribution in [0.2, 0.25) is 6.32 Å². The minimum Gasteiger partial charge on any atom is -0.480 e. The van der Waals surface area contributed by atoms with Crippen molar-refractivity contribution in [1.29, 1.82) is 0 Å². The van der Waals surface area contributed by atoms with Gasteiger partial charge in [0.25, 0.3) is 7.48 Å². The highest BCUT2D eigenvalue weighted by atomic mass is 19.1. The summed E-state index contributed by atoms with van der Waals surface area (Å²) in [6.07, 6.45) is 6.12. The highest BCUT2D eigenvalue weighted by Crippen LogP contribution is 2.37. The number of nitrogens with one attached hydrogen (secondary N) is 1. The van der Waals surface area contributed by atoms with Gasteiger partial charge in [-0.05, 0) is 87.3 Å². The number of likely N-dealkylation sites (tertiary alicyclic amines) is 1. The Morgan fingerprint density at radius 1 is 1.31 bits per heavy atom. The average molecular weight is 405 g/mol. The summed E-state index contributed by atoms with van der Waals surface area (Å²) >= 11 is 0. The summed E-state index contributed by atoms with van der Waals surface area (Å²) in [6.45, 7) is 6.28. The molecule has 7 heteroatoms. The lowest BCUT2D eigenvalue weighted by atomic mass is 9.83. The van der Waals surface area contributed by atoms with Crippen molar-refractivity contribution in [2.75, 3.05) is 19.6 Å². The fourth-order valence-corrected chi connectivity index (χ4v) is 4.60. The topological polar surface area (TPSA) is 72.8 Å². The number of piperidine rings is 1. The average Bonchev–Trinajstić information content (AvgIpc) is 2.75. The maximum Gasteiger partial charge on any atom is 0.320 e. The summed E-state index contributed by atoms with van der Waals surface area (Å²) in [7, 11) is 1.11. The number of hydrogen-bond acceptors (Lipinski definition) is 4. The molecule has 3 rings (SSSR count). The van der Waals surface area contributed by atoms with Crippen LogP contribution in [-0.4, -0.2) is 54.2 Å². The molecule has 0 bridgehead atoms. The number of rotatable bonds is 8. The third-order valence-corrected chi connectivity index (χ3v) is 6.02. The van der Waals surface area contributed by atoms with Crippen molar-refractivity contribution in [3.8, 4) is 0 Å². The van der Waals surface area contributed by atoms with Crippen molar-refractivity contribution in [1.82, 2.24) is 10.2 Å². The normalized spacial score (nSPS) is 20.9. The Morgan fingerprint density at radius 3 is 2.69 bits per heavy atom. The Hall–Kier alpha value is -1.44. The molecule has 1 aliphatic carbocycles. The van der Waals surface area contributed by atoms with Crippen LogP contribution in [-0.2, 0) is 11.2 Å². The number of carboxylic acid groups (broad SMARTS) is 1. The molecule has 0 aromatic heterocycles. The van der Waals surface area contributed by atoms with E-state index in [-0.39, 0.29) is 17.8 Å². The SMILES string of the molecule is CC.O=C(O)C(NCCC[B]O)C1CCN(C2CCCc3ccc(F)cc32)CC1. The highest BCUT2D eigenvalue weighted by Gasteiger charge is 2.34. The first-order valence-corrected chi connectivity index (χ1v) is 11.0. The Balaban J connectivity index is 0.00000145. The molecule has 1 fully saturated rings. The molecule has 161 valence electrons. The summed E-state index contributed by atoms with van der Waals surface area (Å²) in [5, 5.41) is 21.5. The molecule has 29 heavy (non-hydrogen) atoms. The lowest BCUT2D eigenvalue weighted by Gasteiger charge is -2.41. The lowest BCUT2D eigenvalue weighted by Crippen LogP contribution is -2.48. The second-order valence-corrected chi connectivity index (χ2v) is 7.72. The molecule has 1 heterocycles. The molecule has 1 radical (unpaired) electrons. The summed E-state index contributed by atoms with van der Waals surface area (Å²) in [4.78, 5) is 14.1. The molecule has 2 atom stereocenters. The van der Waals surface area contributed by atoms with Crippen LogP contribution in [0, 0.1) is 11.7 Å². The third-order valence-electron chi connectivity index (χ3n) is 6.02. The minimum absolute atomic E-state index is 0.104. The molecule has 1 saturated heterocycles. The van der Waals surface area contributed by atoms with Crippen molar-refractivity contribution in [3.63, 3.8) is 0 Å². The summed E-state index contributed by atoms with van der Waals surface area (Å²) < 4.78 is 13.8. The molecule has 1 aliphatic heterocycles. The molecule has 1 aromatic carbocycles. The van der Waals surface area contributed by atoms with E-state index in [1.165, 1.54) is 5.56 Å². The smallest absolute Gasteiger partial charge is 0.320 e. The molecule has 3 N–H and O–H groups in total. The van der Waals surface area contributed by atoms with E-state index in [1.54, 1.807) is 12.1 Å². The molecule has 2 unspecified atom stereocenters. The van der Waals surface area contributed by atoms with Crippen molar-refractivity contribution in [2.45, 2.75) is 70.8 Å². The summed E-state index contributed by atoms with van der Waals surface area (Å²) in [6, 6.07) is 4.86. The van der Waals surface area contributed by atoms with E-state index in [2.05, 4.69) is 10.2 Å². The van der Waals surface area contributed by atoms with Crippen LogP contribution in [0.3, 0.4) is 0 Å². The van der Waals surface area contributed by atoms with Crippen LogP contribution < -0.4 is 5.32 Å². The van der Waals surface area contributed by atoms with Gasteiger partial charge in [0.1, 0.15) is 11.9 Å². The third kappa shape index (κ3) is 6.53. The summed E-state index contributed by atoms with van der Waals surface area (Å²) in [5.74, 6) is -0.871. The van der Waals surface area contributed by atoms with E-state index in [4.69, 9.17) is 5.02 Å². The van der Waals surface area contributed by atoms with Crippen LogP contribution in [0.15, 0.2) is 18.2 Å². The van der Waals surface area contributed by atoms with E-state index in [1.807, 2.05) is 19.9 Å². The van der Waals surface area contributed by atoms with Crippen molar-refractivity contribution >= 4 is 13.5 Å². The zero-order valence-corrected chi connectivity index (χ0v) is 17.7. The first kappa shape index (κ1) is 23.8. The van der Waals surface area contributed by atoms with Gasteiger partial charge in [-0.2, -0.15) is 0 Å². The number of benzene rings is 1. The van der Waals surface area contributed by atoms with E-state index in [0.29, 0.717) is 12.9 Å². The Kier molecular flexibility index (Phi) is 10.1. The molecular formula is C22H35BFN2O3. The highest BCUT2D eigenvalue weighted by molar-refractivity contribution is 6.25. The number of fused-ring (bicyclic) bond motifs is 1. The number of aryl methyl sites for hydroxylation is 1. The fourth-order valence-electron chi connectivity index (χ4n) is 4.60. The van der Waals surface area contributed by atoms with Crippen LogP contribution in [0.25, 0.3) is 0 Å². The Morgan fingerprint density at radius 2 is 2.03 bits per heavy atom. The second kappa shape index (κ2) is 12.3. The van der Waals surface area contributed by atoms with E-state index >= 15 is 0 Å². The lowest BCUT2D eigenvalue weighted by molar-refractivity contribution is -0.141. The maximum atomic E-state index is 13.8. The Labute approximate surface area is 175 Å². The predicted octanol–water partition coefficient (Wildman–Crippen LogP) is 3.40. The van der Waals surface area contributed by atoms with Gasteiger partial charge in [-0.15, -0.1) is 0 Å². The molecule has 0 saturated carbocycles. The van der Waals surface area contributed by atoms with Gasteiger partial charge in [0, 0.05) is 6.04 Å². The largest absolute Gasteiger partial charge is 0.480 e. The van der Waals surface area contributed by atoms with Crippen LogP contribution in [0.5, 0.6) is 0 Å². The molecule has 0 spiro atoms. The first-order valence-electron chi connectivity index (χ1n) is 11.0. The molecule has 2 aliphatic rings. The monoisotopic (exact) mass is 405 g/mol. The van der Waals surface area contributed by atoms with E-state index in [0.717, 1.165) is 64.7 Å². The van der Waals surface area contributed by atoms with Gasteiger partial charge in [-0.3, -0.25) is 9.69 Å². The van der Waals surface area contributed by atoms with Crippen LogP contribution in [0.4, 0.5) is 4.39 Å². The predicted molar refractivity (Wildman–Crippen MR) is 115 cm³/mol. The Bertz CT molecular complexity index is 638. The van der Waals surface area contributed by atoms with Gasteiger partial charge in [0.15, 0.2) is 0 Å². The summed E-state index contributed by atoms with van der Waals surface area (Å²) in [5.41, 5.74) is 2.37. The van der Waals surface area contributed by atoms with Crippen molar-refractivity contribution < 1.29 is 19.3 Å². The number of carboxylic acids is 1. The molecule has 5 nitrogen and oxygen atoms in total. The van der Waals surface area contributed by atoms with Gasteiger partial charge >= 0.3 is 5.97 Å². The minimum atomic E-state index is -0.800. The van der Waals surface area contributed by atoms with Crippen LogP contribution >= 0.6 is 0 Å². The number of hydrogen-bond donors (Lipinski definition) is 3. The maximum absolute atomic E-state index is 13.8. The van der Waals surface area contributed by atoms with Gasteiger partial charge in [0.05, 0.1) is 0 Å². The zero-order chi connectivity index (χ0) is 21.2. The van der Waals surface area contributed by atoms with Gasteiger partial charge in [0.2, 0.25) is 0 Å². The quantitative estimate of drug-likeness (QED) is 0.457. The van der Waals surface area contributed by atoms with Crippen molar-refractivity contribution in [3.05, 3.63) is 35.1 Å². The van der Waals surface area contributed by atoms with E-state index in [9.17, 15) is 14.3 Å². The van der Waals surface area contributed by atoms with Gasteiger partial charge in [-0.1, -0.05) is 26.2 Å². The first-order chi connectivity index (χ1) is 14.1. The zero-order valence-electron chi connectivity index (χ0n) is 17.7. The molecule has 0 amide bonds. The number of halogens is 1. The number of nitrogens with zero attached hydrogens (tertiary/aromatic N) is 1. The molecule has 1 aromatic rings. The molecular weight excluding hydrogens is 370 g/mol.